The van der Waals surface area contributed by atoms with Gasteiger partial charge in [-0.05, 0) is 29.8 Å². The Bertz CT molecular complexity index is 1100. The van der Waals surface area contributed by atoms with Gasteiger partial charge in [0, 0.05) is 0 Å². The van der Waals surface area contributed by atoms with E-state index in [1.807, 2.05) is 48.7 Å². The molecule has 7 heteroatoms. The fourth-order valence-electron chi connectivity index (χ4n) is 2.80. The Balaban J connectivity index is 1.53. The Labute approximate surface area is 149 Å². The highest BCUT2D eigenvalue weighted by Crippen LogP contribution is 2.12. The summed E-state index contributed by atoms with van der Waals surface area (Å²) in [6.45, 7) is 0.932. The molecule has 0 fully saturated rings. The number of rotatable bonds is 5. The normalized spacial score (nSPS) is 11.0. The Morgan fingerprint density at radius 1 is 1.04 bits per heavy atom. The number of fused-ring (bicyclic) bond motifs is 1. The molecule has 0 saturated carbocycles. The van der Waals surface area contributed by atoms with E-state index >= 15 is 0 Å². The largest absolute Gasteiger partial charge is 0.497 e. The lowest BCUT2D eigenvalue weighted by atomic mass is 10.2. The van der Waals surface area contributed by atoms with Crippen molar-refractivity contribution < 1.29 is 4.74 Å². The first-order valence-corrected chi connectivity index (χ1v) is 8.19. The standard InChI is InChI=1S/C19H17N5O2/c1-26-16-8-6-14(7-9-16)10-24-12-15(21-22-24)11-23-13-20-18-5-3-2-4-17(18)19(23)25/h2-9,12-13H,10-11H2,1H3. The highest BCUT2D eigenvalue weighted by atomic mass is 16.5. The highest BCUT2D eigenvalue weighted by molar-refractivity contribution is 5.76. The van der Waals surface area contributed by atoms with E-state index in [0.29, 0.717) is 29.7 Å². The van der Waals surface area contributed by atoms with Crippen LogP contribution in [0.4, 0.5) is 0 Å². The molecular formula is C19H17N5O2. The van der Waals surface area contributed by atoms with Gasteiger partial charge in [-0.15, -0.1) is 5.10 Å². The number of para-hydroxylation sites is 1. The molecule has 0 radical (unpaired) electrons. The van der Waals surface area contributed by atoms with Crippen molar-refractivity contribution in [1.82, 2.24) is 24.5 Å². The molecule has 130 valence electrons. The zero-order valence-electron chi connectivity index (χ0n) is 14.2. The van der Waals surface area contributed by atoms with E-state index in [1.165, 1.54) is 0 Å². The minimum atomic E-state index is -0.0831. The number of methoxy groups -OCH3 is 1. The molecule has 0 bridgehead atoms. The Hall–Kier alpha value is -3.48. The van der Waals surface area contributed by atoms with Gasteiger partial charge in [-0.25, -0.2) is 9.67 Å². The van der Waals surface area contributed by atoms with E-state index in [0.717, 1.165) is 11.3 Å². The van der Waals surface area contributed by atoms with Crippen molar-refractivity contribution in [1.29, 1.82) is 0 Å². The number of benzene rings is 2. The first-order valence-electron chi connectivity index (χ1n) is 8.19. The van der Waals surface area contributed by atoms with Crippen molar-refractivity contribution in [3.63, 3.8) is 0 Å². The van der Waals surface area contributed by atoms with Gasteiger partial charge in [-0.2, -0.15) is 0 Å². The number of hydrogen-bond acceptors (Lipinski definition) is 5. The molecule has 0 saturated heterocycles. The number of hydrogen-bond donors (Lipinski definition) is 0. The first kappa shape index (κ1) is 16.0. The van der Waals surface area contributed by atoms with Gasteiger partial charge in [0.25, 0.3) is 5.56 Å². The first-order chi connectivity index (χ1) is 12.7. The number of aromatic nitrogens is 5. The van der Waals surface area contributed by atoms with Gasteiger partial charge in [0.05, 0.1) is 43.6 Å². The van der Waals surface area contributed by atoms with Gasteiger partial charge in [-0.1, -0.05) is 29.5 Å². The summed E-state index contributed by atoms with van der Waals surface area (Å²) in [6.07, 6.45) is 3.39. The van der Waals surface area contributed by atoms with E-state index in [-0.39, 0.29) is 5.56 Å². The Morgan fingerprint density at radius 2 is 1.85 bits per heavy atom. The fraction of sp³-hybridized carbons (Fsp3) is 0.158. The number of nitrogens with zero attached hydrogens (tertiary/aromatic N) is 5. The van der Waals surface area contributed by atoms with Gasteiger partial charge in [0.15, 0.2) is 0 Å². The number of ether oxygens (including phenoxy) is 1. The SMILES string of the molecule is COc1ccc(Cn2cc(Cn3cnc4ccccc4c3=O)nn2)cc1. The molecule has 2 aromatic heterocycles. The molecule has 0 aliphatic carbocycles. The summed E-state index contributed by atoms with van der Waals surface area (Å²) in [6, 6.07) is 15.1. The molecule has 4 rings (SSSR count). The van der Waals surface area contributed by atoms with E-state index in [4.69, 9.17) is 4.74 Å². The van der Waals surface area contributed by atoms with Crippen LogP contribution in [0.25, 0.3) is 10.9 Å². The third kappa shape index (κ3) is 3.19. The predicted octanol–water partition coefficient (Wildman–Crippen LogP) is 2.09. The summed E-state index contributed by atoms with van der Waals surface area (Å²) < 4.78 is 8.45. The molecule has 0 N–H and O–H groups in total. The maximum absolute atomic E-state index is 12.5. The van der Waals surface area contributed by atoms with E-state index in [2.05, 4.69) is 15.3 Å². The summed E-state index contributed by atoms with van der Waals surface area (Å²) in [4.78, 5) is 16.9. The molecule has 0 aliphatic heterocycles. The smallest absolute Gasteiger partial charge is 0.261 e. The van der Waals surface area contributed by atoms with Crippen LogP contribution in [0, 0.1) is 0 Å². The van der Waals surface area contributed by atoms with Crippen LogP contribution < -0.4 is 10.3 Å². The highest BCUT2D eigenvalue weighted by Gasteiger charge is 2.07. The van der Waals surface area contributed by atoms with Gasteiger partial charge in [0.1, 0.15) is 11.4 Å². The minimum Gasteiger partial charge on any atom is -0.497 e. The molecule has 4 aromatic rings. The van der Waals surface area contributed by atoms with Crippen LogP contribution in [0.5, 0.6) is 5.75 Å². The average molecular weight is 347 g/mol. The van der Waals surface area contributed by atoms with Gasteiger partial charge >= 0.3 is 0 Å². The summed E-state index contributed by atoms with van der Waals surface area (Å²) >= 11 is 0. The van der Waals surface area contributed by atoms with Crippen molar-refractivity contribution in [3.8, 4) is 5.75 Å². The quantitative estimate of drug-likeness (QED) is 0.553. The molecule has 0 atom stereocenters. The van der Waals surface area contributed by atoms with Crippen LogP contribution in [-0.2, 0) is 13.1 Å². The van der Waals surface area contributed by atoms with E-state index < -0.39 is 0 Å². The lowest BCUT2D eigenvalue weighted by molar-refractivity contribution is 0.414. The van der Waals surface area contributed by atoms with Crippen LogP contribution in [-0.4, -0.2) is 31.7 Å². The van der Waals surface area contributed by atoms with Gasteiger partial charge in [-0.3, -0.25) is 9.36 Å². The van der Waals surface area contributed by atoms with Crippen LogP contribution in [0.2, 0.25) is 0 Å². The summed E-state index contributed by atoms with van der Waals surface area (Å²) in [5.41, 5.74) is 2.40. The van der Waals surface area contributed by atoms with E-state index in [1.54, 1.807) is 28.8 Å². The molecule has 0 unspecified atom stereocenters. The van der Waals surface area contributed by atoms with Crippen LogP contribution >= 0.6 is 0 Å². The molecule has 2 heterocycles. The van der Waals surface area contributed by atoms with Crippen LogP contribution in [0.3, 0.4) is 0 Å². The maximum atomic E-state index is 12.5. The Morgan fingerprint density at radius 3 is 2.65 bits per heavy atom. The monoisotopic (exact) mass is 347 g/mol. The second-order valence-electron chi connectivity index (χ2n) is 5.95. The molecular weight excluding hydrogens is 330 g/mol. The molecule has 0 aliphatic rings. The van der Waals surface area contributed by atoms with Crippen molar-refractivity contribution in [2.75, 3.05) is 7.11 Å². The topological polar surface area (TPSA) is 74.8 Å². The summed E-state index contributed by atoms with van der Waals surface area (Å²) in [7, 11) is 1.64. The lowest BCUT2D eigenvalue weighted by Crippen LogP contribution is -2.21. The molecule has 7 nitrogen and oxygen atoms in total. The van der Waals surface area contributed by atoms with Crippen molar-refractivity contribution in [3.05, 3.63) is 82.7 Å². The summed E-state index contributed by atoms with van der Waals surface area (Å²) in [5, 5.41) is 8.90. The van der Waals surface area contributed by atoms with Crippen molar-refractivity contribution >= 4 is 10.9 Å². The van der Waals surface area contributed by atoms with Crippen molar-refractivity contribution in [2.45, 2.75) is 13.1 Å². The van der Waals surface area contributed by atoms with Crippen LogP contribution in [0.15, 0.2) is 65.8 Å². The maximum Gasteiger partial charge on any atom is 0.261 e. The second kappa shape index (κ2) is 6.79. The molecule has 0 spiro atoms. The van der Waals surface area contributed by atoms with E-state index in [9.17, 15) is 4.79 Å². The fourth-order valence-corrected chi connectivity index (χ4v) is 2.80. The van der Waals surface area contributed by atoms with Gasteiger partial charge in [0.2, 0.25) is 0 Å². The Kier molecular flexibility index (Phi) is 4.18. The zero-order chi connectivity index (χ0) is 17.9. The molecule has 0 amide bonds. The third-order valence-electron chi connectivity index (χ3n) is 4.15. The second-order valence-corrected chi connectivity index (χ2v) is 5.95. The van der Waals surface area contributed by atoms with Crippen LogP contribution in [0.1, 0.15) is 11.3 Å². The molecule has 26 heavy (non-hydrogen) atoms. The minimum absolute atomic E-state index is 0.0831. The summed E-state index contributed by atoms with van der Waals surface area (Å²) in [5.74, 6) is 0.816. The average Bonchev–Trinajstić information content (AvgIpc) is 3.12. The van der Waals surface area contributed by atoms with Crippen molar-refractivity contribution in [2.24, 2.45) is 0 Å². The molecule has 2 aromatic carbocycles. The van der Waals surface area contributed by atoms with Gasteiger partial charge < -0.3 is 4.74 Å². The third-order valence-corrected chi connectivity index (χ3v) is 4.15. The zero-order valence-corrected chi connectivity index (χ0v) is 14.2. The lowest BCUT2D eigenvalue weighted by Gasteiger charge is -2.04. The predicted molar refractivity (Wildman–Crippen MR) is 97.2 cm³/mol.